The first kappa shape index (κ1) is 13.9. The van der Waals surface area contributed by atoms with Gasteiger partial charge in [-0.15, -0.1) is 0 Å². The maximum absolute atomic E-state index is 11.7. The van der Waals surface area contributed by atoms with Crippen LogP contribution in [0, 0.1) is 18.8 Å². The number of aryl methyl sites for hydroxylation is 1. The fourth-order valence-corrected chi connectivity index (χ4v) is 1.98. The van der Waals surface area contributed by atoms with Crippen LogP contribution < -0.4 is 5.32 Å². The zero-order valence-corrected chi connectivity index (χ0v) is 11.7. The first-order valence-electron chi connectivity index (χ1n) is 6.20. The Hall–Kier alpha value is -1.55. The van der Waals surface area contributed by atoms with Gasteiger partial charge in [0.1, 0.15) is 0 Å². The van der Waals surface area contributed by atoms with Gasteiger partial charge in [0.05, 0.1) is 5.92 Å². The van der Waals surface area contributed by atoms with E-state index in [1.807, 2.05) is 19.9 Å². The van der Waals surface area contributed by atoms with Crippen LogP contribution in [0.1, 0.15) is 18.9 Å². The van der Waals surface area contributed by atoms with E-state index in [2.05, 4.69) is 5.32 Å². The number of ether oxygens (including phenoxy) is 1. The monoisotopic (exact) mass is 281 g/mol. The number of benzene rings is 1. The molecule has 1 aliphatic carbocycles. The Bertz CT molecular complexity index is 515. The second-order valence-electron chi connectivity index (χ2n) is 4.93. The molecule has 0 spiro atoms. The topological polar surface area (TPSA) is 55.4 Å². The number of nitrogens with one attached hydrogen (secondary N) is 1. The van der Waals surface area contributed by atoms with E-state index in [1.54, 1.807) is 12.1 Å². The van der Waals surface area contributed by atoms with Gasteiger partial charge in [0.15, 0.2) is 6.61 Å². The molecule has 1 saturated carbocycles. The van der Waals surface area contributed by atoms with E-state index in [0.717, 1.165) is 12.0 Å². The molecular formula is C14H16ClNO3. The number of carbonyl (C=O) groups is 2. The van der Waals surface area contributed by atoms with Crippen molar-refractivity contribution in [2.45, 2.75) is 20.3 Å². The van der Waals surface area contributed by atoms with Crippen molar-refractivity contribution in [3.8, 4) is 0 Å². The maximum atomic E-state index is 11.7. The summed E-state index contributed by atoms with van der Waals surface area (Å²) in [6, 6.07) is 5.23. The van der Waals surface area contributed by atoms with Crippen molar-refractivity contribution >= 4 is 29.2 Å². The first-order valence-corrected chi connectivity index (χ1v) is 6.58. The summed E-state index contributed by atoms with van der Waals surface area (Å²) in [5.41, 5.74) is 1.54. The predicted octanol–water partition coefficient (Wildman–Crippen LogP) is 2.79. The van der Waals surface area contributed by atoms with Crippen LogP contribution in [0.2, 0.25) is 5.02 Å². The minimum Gasteiger partial charge on any atom is -0.455 e. The number of hydrogen-bond donors (Lipinski definition) is 1. The molecule has 0 saturated heterocycles. The van der Waals surface area contributed by atoms with Crippen molar-refractivity contribution in [1.29, 1.82) is 0 Å². The second kappa shape index (κ2) is 5.61. The zero-order valence-electron chi connectivity index (χ0n) is 10.9. The Morgan fingerprint density at radius 1 is 1.47 bits per heavy atom. The number of rotatable bonds is 4. The lowest BCUT2D eigenvalue weighted by Gasteiger charge is -2.09. The number of carbonyl (C=O) groups excluding carboxylic acids is 2. The molecule has 2 atom stereocenters. The van der Waals surface area contributed by atoms with E-state index in [9.17, 15) is 9.59 Å². The van der Waals surface area contributed by atoms with Gasteiger partial charge in [0.25, 0.3) is 5.91 Å². The molecule has 4 nitrogen and oxygen atoms in total. The third kappa shape index (κ3) is 3.70. The van der Waals surface area contributed by atoms with Crippen molar-refractivity contribution in [2.24, 2.45) is 11.8 Å². The minimum atomic E-state index is -0.355. The molecule has 0 heterocycles. The quantitative estimate of drug-likeness (QED) is 0.864. The van der Waals surface area contributed by atoms with Crippen LogP contribution in [0.25, 0.3) is 0 Å². The number of amides is 1. The lowest BCUT2D eigenvalue weighted by Crippen LogP contribution is -2.22. The predicted molar refractivity (Wildman–Crippen MR) is 73.0 cm³/mol. The van der Waals surface area contributed by atoms with Gasteiger partial charge in [-0.2, -0.15) is 0 Å². The fourth-order valence-electron chi connectivity index (χ4n) is 1.81. The van der Waals surface area contributed by atoms with E-state index in [0.29, 0.717) is 16.6 Å². The molecule has 0 radical (unpaired) electrons. The molecule has 1 amide bonds. The molecule has 1 aliphatic rings. The average Bonchev–Trinajstić information content (AvgIpc) is 3.08. The largest absolute Gasteiger partial charge is 0.455 e. The van der Waals surface area contributed by atoms with E-state index < -0.39 is 0 Å². The van der Waals surface area contributed by atoms with E-state index in [-0.39, 0.29) is 24.4 Å². The van der Waals surface area contributed by atoms with Crippen LogP contribution in [-0.4, -0.2) is 18.5 Å². The Labute approximate surface area is 117 Å². The third-order valence-corrected chi connectivity index (χ3v) is 3.47. The fraction of sp³-hybridized carbons (Fsp3) is 0.429. The molecule has 0 bridgehead atoms. The highest BCUT2D eigenvalue weighted by molar-refractivity contribution is 6.31. The summed E-state index contributed by atoms with van der Waals surface area (Å²) in [5, 5.41) is 3.22. The van der Waals surface area contributed by atoms with E-state index >= 15 is 0 Å². The minimum absolute atomic E-state index is 0.0271. The number of anilines is 1. The lowest BCUT2D eigenvalue weighted by atomic mass is 10.2. The molecule has 1 aromatic carbocycles. The van der Waals surface area contributed by atoms with Crippen LogP contribution in [0.15, 0.2) is 18.2 Å². The van der Waals surface area contributed by atoms with Crippen molar-refractivity contribution < 1.29 is 14.3 Å². The van der Waals surface area contributed by atoms with E-state index in [1.165, 1.54) is 0 Å². The molecule has 19 heavy (non-hydrogen) atoms. The average molecular weight is 282 g/mol. The highest BCUT2D eigenvalue weighted by atomic mass is 35.5. The van der Waals surface area contributed by atoms with Gasteiger partial charge in [0.2, 0.25) is 0 Å². The Balaban J connectivity index is 1.84. The maximum Gasteiger partial charge on any atom is 0.309 e. The van der Waals surface area contributed by atoms with Crippen LogP contribution >= 0.6 is 11.6 Å². The molecule has 0 aromatic heterocycles. The summed E-state index contributed by atoms with van der Waals surface area (Å²) < 4.78 is 4.96. The van der Waals surface area contributed by atoms with Crippen LogP contribution in [0.4, 0.5) is 5.69 Å². The van der Waals surface area contributed by atoms with Gasteiger partial charge >= 0.3 is 5.97 Å². The molecule has 1 aromatic rings. The van der Waals surface area contributed by atoms with Gasteiger partial charge in [-0.3, -0.25) is 9.59 Å². The summed E-state index contributed by atoms with van der Waals surface area (Å²) in [6.07, 6.45) is 0.855. The standard InChI is InChI=1S/C14H16ClNO3/c1-8-3-4-10(15)6-12(8)16-13(17)7-19-14(18)11-5-9(11)2/h3-4,6,9,11H,5,7H2,1-2H3,(H,16,17)/t9-,11-/m1/s1. The normalized spacial score (nSPS) is 20.8. The van der Waals surface area contributed by atoms with Crippen LogP contribution in [0.5, 0.6) is 0 Å². The summed E-state index contributed by atoms with van der Waals surface area (Å²) in [7, 11) is 0. The van der Waals surface area contributed by atoms with Crippen LogP contribution in [-0.2, 0) is 14.3 Å². The van der Waals surface area contributed by atoms with Gasteiger partial charge < -0.3 is 10.1 Å². The summed E-state index contributed by atoms with van der Waals surface area (Å²) in [4.78, 5) is 23.1. The molecule has 0 aliphatic heterocycles. The van der Waals surface area contributed by atoms with Crippen molar-refractivity contribution in [2.75, 3.05) is 11.9 Å². The molecule has 5 heteroatoms. The number of halogens is 1. The molecule has 2 rings (SSSR count). The third-order valence-electron chi connectivity index (χ3n) is 3.23. The highest BCUT2D eigenvalue weighted by Gasteiger charge is 2.40. The SMILES string of the molecule is Cc1ccc(Cl)cc1NC(=O)COC(=O)[C@@H]1C[C@H]1C. The molecule has 1 N–H and O–H groups in total. The molecule has 1 fully saturated rings. The molecule has 102 valence electrons. The Morgan fingerprint density at radius 3 is 2.79 bits per heavy atom. The summed E-state index contributed by atoms with van der Waals surface area (Å²) in [5.74, 6) is -0.288. The Kier molecular flexibility index (Phi) is 4.10. The van der Waals surface area contributed by atoms with Gasteiger partial charge in [-0.25, -0.2) is 0 Å². The zero-order chi connectivity index (χ0) is 14.0. The molecule has 0 unspecified atom stereocenters. The molecular weight excluding hydrogens is 266 g/mol. The smallest absolute Gasteiger partial charge is 0.309 e. The van der Waals surface area contributed by atoms with Crippen molar-refractivity contribution in [3.63, 3.8) is 0 Å². The van der Waals surface area contributed by atoms with E-state index in [4.69, 9.17) is 16.3 Å². The number of hydrogen-bond acceptors (Lipinski definition) is 3. The lowest BCUT2D eigenvalue weighted by molar-refractivity contribution is -0.148. The van der Waals surface area contributed by atoms with Crippen molar-refractivity contribution in [3.05, 3.63) is 28.8 Å². The summed E-state index contributed by atoms with van der Waals surface area (Å²) >= 11 is 5.86. The van der Waals surface area contributed by atoms with Gasteiger partial charge in [-0.1, -0.05) is 24.6 Å². The number of esters is 1. The first-order chi connectivity index (χ1) is 8.97. The highest BCUT2D eigenvalue weighted by Crippen LogP contribution is 2.38. The Morgan fingerprint density at radius 2 is 2.16 bits per heavy atom. The van der Waals surface area contributed by atoms with Crippen LogP contribution in [0.3, 0.4) is 0 Å². The summed E-state index contributed by atoms with van der Waals surface area (Å²) in [6.45, 7) is 3.60. The van der Waals surface area contributed by atoms with Gasteiger partial charge in [0, 0.05) is 10.7 Å². The van der Waals surface area contributed by atoms with Gasteiger partial charge in [-0.05, 0) is 37.0 Å². The van der Waals surface area contributed by atoms with Crippen molar-refractivity contribution in [1.82, 2.24) is 0 Å². The second-order valence-corrected chi connectivity index (χ2v) is 5.37.